The summed E-state index contributed by atoms with van der Waals surface area (Å²) in [5.41, 5.74) is 2.72. The van der Waals surface area contributed by atoms with Crippen molar-refractivity contribution in [2.24, 2.45) is 23.7 Å². The van der Waals surface area contributed by atoms with Crippen LogP contribution in [-0.4, -0.2) is 239 Å². The van der Waals surface area contributed by atoms with Gasteiger partial charge in [-0.05, 0) is 74.0 Å². The molecular weight excluding hydrogens is 1270 g/mol. The molecule has 2 unspecified atom stereocenters. The molecule has 11 fully saturated rings. The highest BCUT2D eigenvalue weighted by atomic mass is 16.8. The first-order valence-electron chi connectivity index (χ1n) is 35.2. The van der Waals surface area contributed by atoms with E-state index < -0.39 is 127 Å². The first kappa shape index (κ1) is 71.6. The van der Waals surface area contributed by atoms with Crippen molar-refractivity contribution in [2.45, 2.75) is 226 Å². The predicted octanol–water partition coefficient (Wildman–Crippen LogP) is 1.62. The number of nitrogens with one attached hydrogen (secondary N) is 5. The summed E-state index contributed by atoms with van der Waals surface area (Å²) in [5.74, 6) is -6.16. The molecule has 0 aromatic heterocycles. The fourth-order valence-corrected chi connectivity index (χ4v) is 16.3. The van der Waals surface area contributed by atoms with Gasteiger partial charge < -0.3 is 83.8 Å². The van der Waals surface area contributed by atoms with Gasteiger partial charge in [0.2, 0.25) is 29.5 Å². The Labute approximate surface area is 570 Å². The van der Waals surface area contributed by atoms with E-state index in [-0.39, 0.29) is 156 Å². The number of rotatable bonds is 22. The number of nitrogens with zero attached hydrogens (tertiary/aromatic N) is 1. The molecule has 12 heterocycles. The van der Waals surface area contributed by atoms with Gasteiger partial charge >= 0.3 is 0 Å². The lowest BCUT2D eigenvalue weighted by Gasteiger charge is -2.47. The molecule has 12 aliphatic rings. The molecular formula is C71H96N6O21. The van der Waals surface area contributed by atoms with Crippen LogP contribution in [0.4, 0.5) is 0 Å². The molecule has 0 aliphatic carbocycles. The number of methoxy groups -OCH3 is 1. The van der Waals surface area contributed by atoms with E-state index in [4.69, 9.17) is 52.1 Å². The summed E-state index contributed by atoms with van der Waals surface area (Å²) in [7, 11) is 1.57. The molecule has 27 heteroatoms. The van der Waals surface area contributed by atoms with Gasteiger partial charge in [0.1, 0.15) is 48.1 Å². The van der Waals surface area contributed by atoms with Crippen LogP contribution < -0.4 is 26.6 Å². The molecule has 12 aliphatic heterocycles. The molecule has 6 N–H and O–H groups in total. The van der Waals surface area contributed by atoms with E-state index in [2.05, 4.69) is 46.7 Å². The predicted molar refractivity (Wildman–Crippen MR) is 345 cm³/mol. The minimum atomic E-state index is -1.17. The Kier molecular flexibility index (Phi) is 23.5. The van der Waals surface area contributed by atoms with E-state index in [1.807, 2.05) is 0 Å². The second-order valence-corrected chi connectivity index (χ2v) is 28.6. The Hall–Kier alpha value is -6.21. The number of aliphatic hydroxyl groups excluding tert-OH is 1. The minimum absolute atomic E-state index is 0.0225. The minimum Gasteiger partial charge on any atom is -0.391 e. The van der Waals surface area contributed by atoms with Crippen molar-refractivity contribution in [1.82, 2.24) is 31.5 Å². The number of imide groups is 1. The van der Waals surface area contributed by atoms with Crippen LogP contribution in [-0.2, 0) is 102 Å². The van der Waals surface area contributed by atoms with Gasteiger partial charge in [-0.1, -0.05) is 50.4 Å². The van der Waals surface area contributed by atoms with Gasteiger partial charge in [-0.2, -0.15) is 0 Å². The van der Waals surface area contributed by atoms with Crippen LogP contribution in [0.5, 0.6) is 0 Å². The van der Waals surface area contributed by atoms with Crippen molar-refractivity contribution in [3.63, 3.8) is 0 Å². The van der Waals surface area contributed by atoms with Crippen LogP contribution in [0.3, 0.4) is 0 Å². The number of amides is 7. The largest absolute Gasteiger partial charge is 0.391 e. The second-order valence-electron chi connectivity index (χ2n) is 28.6. The number of aliphatic hydroxyl groups is 1. The van der Waals surface area contributed by atoms with Gasteiger partial charge in [-0.25, -0.2) is 0 Å². The Morgan fingerprint density at radius 2 is 1.36 bits per heavy atom. The molecule has 536 valence electrons. The molecule has 98 heavy (non-hydrogen) atoms. The number of Topliss-reactive ketones (excluding diaryl/α,β-unsaturated/α-hetero) is 2. The summed E-state index contributed by atoms with van der Waals surface area (Å²) < 4.78 is 72.3. The highest BCUT2D eigenvalue weighted by Gasteiger charge is 2.69. The number of carbonyl (C=O) groups is 9. The summed E-state index contributed by atoms with van der Waals surface area (Å²) in [4.78, 5) is 118. The quantitative estimate of drug-likeness (QED) is 0.0709. The standard InChI is InChI=1S/C71H96N6O21/c1-38-22-46-11-13-52-39(2)23-48(91-52)18-20-71-29-57-66(97-71)67-68(96-57)69(98-71)65-53(95-67)14-12-47(93-65)25-44(78)26-49-55(28-54(92-46)40(38)3)94-56(64(49)88-4)27-45(79)30-72-60(83)32-75-70(87)50(24-41-8-6-5-7-9-41)76-61(84)33-74-59(82)31-73-58(81)15-10-42-34-89-36-43(37-90-35-42)51(80)19-21-77-62(85)16-17-63(77)86/h5-9,16-17,38,42-43,45-50,52-57,64-69,79H,2-3,10-15,18-37H2,1,4H3,(H,72,83)(H,73,81)(H,74,82)(H,75,87)(H,76,84)/t38-,42?,43?,45+,46+,47-,48+,49+,50+,52+,53+,54-,55+,56-,57-,64-,65+,66+,67?,68?,69+,71+/m1/s1. The lowest BCUT2D eigenvalue weighted by molar-refractivity contribution is -0.292. The maximum absolute atomic E-state index is 14.6. The highest BCUT2D eigenvalue weighted by Crippen LogP contribution is 2.54. The molecule has 1 aromatic rings. The van der Waals surface area contributed by atoms with Crippen molar-refractivity contribution in [1.29, 1.82) is 0 Å². The Morgan fingerprint density at radius 1 is 0.673 bits per heavy atom. The first-order chi connectivity index (χ1) is 47.2. The fraction of sp³-hybridized carbons (Fsp3) is 0.704. The van der Waals surface area contributed by atoms with Gasteiger partial charge in [-0.15, -0.1) is 0 Å². The van der Waals surface area contributed by atoms with E-state index in [0.717, 1.165) is 60.3 Å². The highest BCUT2D eigenvalue weighted by molar-refractivity contribution is 6.13. The molecule has 12 bridgehead atoms. The molecule has 27 nitrogen and oxygen atoms in total. The molecule has 11 saturated heterocycles. The molecule has 0 radical (unpaired) electrons. The van der Waals surface area contributed by atoms with Crippen molar-refractivity contribution in [3.05, 3.63) is 72.4 Å². The van der Waals surface area contributed by atoms with E-state index in [1.165, 1.54) is 0 Å². The van der Waals surface area contributed by atoms with Crippen molar-refractivity contribution in [2.75, 3.05) is 66.3 Å². The van der Waals surface area contributed by atoms with Gasteiger partial charge in [0, 0.05) is 102 Å². The van der Waals surface area contributed by atoms with E-state index in [9.17, 15) is 48.3 Å². The van der Waals surface area contributed by atoms with Crippen LogP contribution in [0.2, 0.25) is 0 Å². The average Bonchev–Trinajstić information content (AvgIpc) is 1.55. The summed E-state index contributed by atoms with van der Waals surface area (Å²) in [6.45, 7) is 10.0. The van der Waals surface area contributed by atoms with Crippen LogP contribution >= 0.6 is 0 Å². The smallest absolute Gasteiger partial charge is 0.253 e. The average molecular weight is 1370 g/mol. The number of hydrogen-bond acceptors (Lipinski definition) is 21. The van der Waals surface area contributed by atoms with E-state index in [0.29, 0.717) is 44.1 Å². The van der Waals surface area contributed by atoms with Crippen molar-refractivity contribution >= 4 is 52.9 Å². The zero-order valence-corrected chi connectivity index (χ0v) is 56.0. The Morgan fingerprint density at radius 3 is 2.13 bits per heavy atom. The van der Waals surface area contributed by atoms with E-state index in [1.54, 1.807) is 37.4 Å². The second kappa shape index (κ2) is 32.2. The van der Waals surface area contributed by atoms with Crippen LogP contribution in [0, 0.1) is 23.7 Å². The van der Waals surface area contributed by atoms with Crippen LogP contribution in [0.25, 0.3) is 0 Å². The maximum atomic E-state index is 14.6. The Bertz CT molecular complexity index is 3130. The third kappa shape index (κ3) is 17.4. The van der Waals surface area contributed by atoms with Gasteiger partial charge in [0.15, 0.2) is 5.79 Å². The van der Waals surface area contributed by atoms with Gasteiger partial charge in [-0.3, -0.25) is 48.1 Å². The zero-order chi connectivity index (χ0) is 68.8. The summed E-state index contributed by atoms with van der Waals surface area (Å²) in [6.07, 6.45) is 3.56. The topological polar surface area (TPSA) is 339 Å². The van der Waals surface area contributed by atoms with Gasteiger partial charge in [0.25, 0.3) is 11.8 Å². The normalized spacial score (nSPS) is 36.7. The molecule has 1 spiro atoms. The number of benzene rings is 1. The van der Waals surface area contributed by atoms with E-state index >= 15 is 0 Å². The fourth-order valence-electron chi connectivity index (χ4n) is 16.3. The molecule has 0 saturated carbocycles. The number of ketones is 2. The molecule has 7 amide bonds. The lowest BCUT2D eigenvalue weighted by Crippen LogP contribution is -2.61. The SMILES string of the molecule is C=C1C[C@@H]2CC[C@@]34C[C@H]5OC6C(O[C@H]7CC[C@H](CC(=O)C[C@@H]8[C@@H](OC)[C@@H](C[C@H](O)CNC(=O)CNC(=O)[C@H](Cc9ccccc9)NC(=O)CNC(=O)CNC(=O)CCC9COCC(C(=O)CCN%10C(=O)C=CC%10=O)COC9)O[C@H]8C[C@H]8O[C@@H](CC[C@@H]1O2)C[C@@H](C)C8=C)O[C@@H]7[C@@H]6O3)[C@H]5O4. The monoisotopic (exact) mass is 1370 g/mol. The maximum Gasteiger partial charge on any atom is 0.253 e. The number of ether oxygens (including phenoxy) is 11. The third-order valence-electron chi connectivity index (χ3n) is 21.6. The Balaban J connectivity index is 0.605. The van der Waals surface area contributed by atoms with Crippen LogP contribution in [0.1, 0.15) is 115 Å². The summed E-state index contributed by atoms with van der Waals surface area (Å²) >= 11 is 0. The van der Waals surface area contributed by atoms with Gasteiger partial charge in [0.05, 0.1) is 119 Å². The molecule has 1 aromatic carbocycles. The number of carbonyl (C=O) groups excluding carboxylic acids is 9. The summed E-state index contributed by atoms with van der Waals surface area (Å²) in [6, 6.07) is 7.71. The molecule has 20 atom stereocenters. The zero-order valence-electron chi connectivity index (χ0n) is 56.0. The summed E-state index contributed by atoms with van der Waals surface area (Å²) in [5, 5.41) is 24.5. The molecule has 13 rings (SSSR count). The van der Waals surface area contributed by atoms with Crippen molar-refractivity contribution in [3.8, 4) is 0 Å². The number of fused-ring (bicyclic) bond motifs is 6. The number of hydrogen-bond donors (Lipinski definition) is 6. The first-order valence-corrected chi connectivity index (χ1v) is 35.2. The third-order valence-corrected chi connectivity index (χ3v) is 21.6. The van der Waals surface area contributed by atoms with Crippen molar-refractivity contribution < 1.29 is 100 Å². The van der Waals surface area contributed by atoms with Crippen LogP contribution in [0.15, 0.2) is 66.8 Å². The lowest BCUT2D eigenvalue weighted by atomic mass is 9.81.